The number of carbonyl (C=O) groups is 2. The Morgan fingerprint density at radius 1 is 1.30 bits per heavy atom. The van der Waals surface area contributed by atoms with Crippen molar-refractivity contribution in [1.82, 2.24) is 10.6 Å². The topological polar surface area (TPSA) is 78.4 Å². The molecule has 0 aromatic rings. The lowest BCUT2D eigenvalue weighted by molar-refractivity contribution is -0.131. The van der Waals surface area contributed by atoms with Crippen molar-refractivity contribution in [3.8, 4) is 0 Å². The Kier molecular flexibility index (Phi) is 5.99. The van der Waals surface area contributed by atoms with Gasteiger partial charge in [-0.2, -0.15) is 0 Å². The van der Waals surface area contributed by atoms with Crippen LogP contribution in [-0.4, -0.2) is 35.1 Å². The van der Waals surface area contributed by atoms with E-state index in [-0.39, 0.29) is 24.3 Å². The molecule has 0 saturated heterocycles. The SMILES string of the molecule is CC(=O)NC(C(=O)NC1(CO)CCC(C)CC1)C(C)C. The van der Waals surface area contributed by atoms with E-state index >= 15 is 0 Å². The first-order chi connectivity index (χ1) is 9.29. The fourth-order valence-electron chi connectivity index (χ4n) is 2.73. The van der Waals surface area contributed by atoms with E-state index in [0.717, 1.165) is 25.7 Å². The number of amides is 2. The van der Waals surface area contributed by atoms with Crippen LogP contribution in [-0.2, 0) is 9.59 Å². The van der Waals surface area contributed by atoms with Crippen LogP contribution in [0.15, 0.2) is 0 Å². The standard InChI is InChI=1S/C15H28N2O3/c1-10(2)13(16-12(4)19)14(20)17-15(9-18)7-5-11(3)6-8-15/h10-11,13,18H,5-9H2,1-4H3,(H,16,19)(H,17,20). The molecule has 0 radical (unpaired) electrons. The van der Waals surface area contributed by atoms with Gasteiger partial charge in [0.05, 0.1) is 12.1 Å². The summed E-state index contributed by atoms with van der Waals surface area (Å²) in [5.74, 6) is 0.243. The molecule has 0 aromatic heterocycles. The summed E-state index contributed by atoms with van der Waals surface area (Å²) in [5.41, 5.74) is -0.519. The quantitative estimate of drug-likeness (QED) is 0.710. The summed E-state index contributed by atoms with van der Waals surface area (Å²) in [6.45, 7) is 7.35. The molecule has 1 aliphatic rings. The van der Waals surface area contributed by atoms with Crippen molar-refractivity contribution in [2.75, 3.05) is 6.61 Å². The molecule has 0 spiro atoms. The van der Waals surface area contributed by atoms with Gasteiger partial charge in [0, 0.05) is 6.92 Å². The Labute approximate surface area is 121 Å². The van der Waals surface area contributed by atoms with E-state index in [0.29, 0.717) is 5.92 Å². The van der Waals surface area contributed by atoms with Crippen molar-refractivity contribution in [1.29, 1.82) is 0 Å². The molecular formula is C15H28N2O3. The van der Waals surface area contributed by atoms with Crippen LogP contribution in [0.2, 0.25) is 0 Å². The minimum atomic E-state index is -0.546. The molecule has 116 valence electrons. The van der Waals surface area contributed by atoms with Crippen LogP contribution in [0, 0.1) is 11.8 Å². The molecule has 0 aromatic carbocycles. The van der Waals surface area contributed by atoms with E-state index in [1.54, 1.807) is 0 Å². The highest BCUT2D eigenvalue weighted by molar-refractivity contribution is 5.87. The molecular weight excluding hydrogens is 256 g/mol. The third kappa shape index (κ3) is 4.47. The van der Waals surface area contributed by atoms with Gasteiger partial charge in [-0.3, -0.25) is 9.59 Å². The largest absolute Gasteiger partial charge is 0.394 e. The Hall–Kier alpha value is -1.10. The fraction of sp³-hybridized carbons (Fsp3) is 0.867. The van der Waals surface area contributed by atoms with Crippen LogP contribution in [0.4, 0.5) is 0 Å². The minimum Gasteiger partial charge on any atom is -0.394 e. The number of carbonyl (C=O) groups excluding carboxylic acids is 2. The monoisotopic (exact) mass is 284 g/mol. The molecule has 1 aliphatic carbocycles. The second-order valence-corrected chi connectivity index (χ2v) is 6.53. The Balaban J connectivity index is 2.72. The molecule has 1 atom stereocenters. The van der Waals surface area contributed by atoms with Gasteiger partial charge in [0.2, 0.25) is 11.8 Å². The second kappa shape index (κ2) is 7.07. The smallest absolute Gasteiger partial charge is 0.243 e. The van der Waals surface area contributed by atoms with Gasteiger partial charge < -0.3 is 15.7 Å². The van der Waals surface area contributed by atoms with Crippen molar-refractivity contribution >= 4 is 11.8 Å². The average Bonchev–Trinajstić information content (AvgIpc) is 2.38. The minimum absolute atomic E-state index is 0.0113. The van der Waals surface area contributed by atoms with E-state index in [1.807, 2.05) is 13.8 Å². The lowest BCUT2D eigenvalue weighted by Crippen LogP contribution is -2.59. The first kappa shape index (κ1) is 17.0. The van der Waals surface area contributed by atoms with Crippen LogP contribution in [0.25, 0.3) is 0 Å². The maximum atomic E-state index is 12.4. The molecule has 0 heterocycles. The molecule has 5 nitrogen and oxygen atoms in total. The number of hydrogen-bond acceptors (Lipinski definition) is 3. The fourth-order valence-corrected chi connectivity index (χ4v) is 2.73. The van der Waals surface area contributed by atoms with E-state index in [2.05, 4.69) is 17.6 Å². The van der Waals surface area contributed by atoms with E-state index in [9.17, 15) is 14.7 Å². The summed E-state index contributed by atoms with van der Waals surface area (Å²) in [6, 6.07) is -0.546. The number of nitrogens with one attached hydrogen (secondary N) is 2. The number of rotatable bonds is 5. The van der Waals surface area contributed by atoms with Crippen molar-refractivity contribution in [2.45, 2.75) is 65.0 Å². The molecule has 2 amide bonds. The summed E-state index contributed by atoms with van der Waals surface area (Å²) < 4.78 is 0. The lowest BCUT2D eigenvalue weighted by Gasteiger charge is -2.40. The normalized spacial score (nSPS) is 28.0. The maximum absolute atomic E-state index is 12.4. The zero-order chi connectivity index (χ0) is 15.3. The third-order valence-corrected chi connectivity index (χ3v) is 4.23. The van der Waals surface area contributed by atoms with Crippen LogP contribution in [0.5, 0.6) is 0 Å². The summed E-state index contributed by atoms with van der Waals surface area (Å²) in [7, 11) is 0. The Morgan fingerprint density at radius 2 is 1.85 bits per heavy atom. The highest BCUT2D eigenvalue weighted by Crippen LogP contribution is 2.31. The van der Waals surface area contributed by atoms with Gasteiger partial charge in [0.1, 0.15) is 6.04 Å². The first-order valence-electron chi connectivity index (χ1n) is 7.49. The zero-order valence-electron chi connectivity index (χ0n) is 13.0. The molecule has 1 rings (SSSR count). The third-order valence-electron chi connectivity index (χ3n) is 4.23. The molecule has 1 fully saturated rings. The number of hydrogen-bond donors (Lipinski definition) is 3. The average molecular weight is 284 g/mol. The van der Waals surface area contributed by atoms with Crippen molar-refractivity contribution in [3.63, 3.8) is 0 Å². The van der Waals surface area contributed by atoms with Gasteiger partial charge in [-0.25, -0.2) is 0 Å². The summed E-state index contributed by atoms with van der Waals surface area (Å²) in [6.07, 6.45) is 3.60. The molecule has 0 bridgehead atoms. The molecule has 5 heteroatoms. The van der Waals surface area contributed by atoms with Gasteiger partial charge in [0.15, 0.2) is 0 Å². The Bertz CT molecular complexity index is 347. The van der Waals surface area contributed by atoms with Crippen LogP contribution >= 0.6 is 0 Å². The molecule has 0 aliphatic heterocycles. The molecule has 1 saturated carbocycles. The summed E-state index contributed by atoms with van der Waals surface area (Å²) >= 11 is 0. The predicted octanol–water partition coefficient (Wildman–Crippen LogP) is 1.20. The molecule has 20 heavy (non-hydrogen) atoms. The lowest BCUT2D eigenvalue weighted by atomic mass is 9.77. The van der Waals surface area contributed by atoms with Gasteiger partial charge in [-0.05, 0) is 37.5 Å². The summed E-state index contributed by atoms with van der Waals surface area (Å²) in [5, 5.41) is 15.3. The van der Waals surface area contributed by atoms with E-state index in [4.69, 9.17) is 0 Å². The second-order valence-electron chi connectivity index (χ2n) is 6.53. The highest BCUT2D eigenvalue weighted by Gasteiger charge is 2.37. The molecule has 3 N–H and O–H groups in total. The molecule has 1 unspecified atom stereocenters. The summed E-state index contributed by atoms with van der Waals surface area (Å²) in [4.78, 5) is 23.6. The van der Waals surface area contributed by atoms with Crippen molar-refractivity contribution in [2.24, 2.45) is 11.8 Å². The van der Waals surface area contributed by atoms with Gasteiger partial charge in [-0.1, -0.05) is 20.8 Å². The van der Waals surface area contributed by atoms with E-state index < -0.39 is 11.6 Å². The van der Waals surface area contributed by atoms with Gasteiger partial charge >= 0.3 is 0 Å². The number of aliphatic hydroxyl groups excluding tert-OH is 1. The predicted molar refractivity (Wildman–Crippen MR) is 78.0 cm³/mol. The van der Waals surface area contributed by atoms with Crippen molar-refractivity contribution < 1.29 is 14.7 Å². The first-order valence-corrected chi connectivity index (χ1v) is 7.49. The van der Waals surface area contributed by atoms with E-state index in [1.165, 1.54) is 6.92 Å². The van der Waals surface area contributed by atoms with Crippen LogP contribution in [0.1, 0.15) is 53.4 Å². The number of aliphatic hydroxyl groups is 1. The van der Waals surface area contributed by atoms with Gasteiger partial charge in [-0.15, -0.1) is 0 Å². The maximum Gasteiger partial charge on any atom is 0.243 e. The Morgan fingerprint density at radius 3 is 2.25 bits per heavy atom. The van der Waals surface area contributed by atoms with Crippen molar-refractivity contribution in [3.05, 3.63) is 0 Å². The van der Waals surface area contributed by atoms with Gasteiger partial charge in [0.25, 0.3) is 0 Å². The highest BCUT2D eigenvalue weighted by atomic mass is 16.3. The van der Waals surface area contributed by atoms with Crippen LogP contribution in [0.3, 0.4) is 0 Å². The zero-order valence-corrected chi connectivity index (χ0v) is 13.0. The van der Waals surface area contributed by atoms with Crippen LogP contribution < -0.4 is 10.6 Å².